The summed E-state index contributed by atoms with van der Waals surface area (Å²) in [6.45, 7) is 0. The van der Waals surface area contributed by atoms with Gasteiger partial charge >= 0.3 is 0 Å². The summed E-state index contributed by atoms with van der Waals surface area (Å²) in [6, 6.07) is 0. The lowest BCUT2D eigenvalue weighted by atomic mass is 9.54. The molecule has 0 radical (unpaired) electrons. The normalized spacial score (nSPS) is 45.5. The number of rotatable bonds is 0. The molecule has 2 saturated heterocycles. The fraction of sp³-hybridized carbons (Fsp3) is 0.500. The molecular weight excluding hydrogens is 268 g/mol. The standard InChI is InChI=1S/C12H10N2O6/c15-9-5-3-1-2-4(7(5)11(17)13(9)19)8-6(3)10(16)14(20)12(8)18/h1-8,19-20H. The molecule has 104 valence electrons. The Bertz CT molecular complexity index is 517. The van der Waals surface area contributed by atoms with Gasteiger partial charge in [0, 0.05) is 11.8 Å². The molecule has 4 amide bonds. The van der Waals surface area contributed by atoms with E-state index in [4.69, 9.17) is 0 Å². The number of hydroxylamine groups is 4. The lowest BCUT2D eigenvalue weighted by Crippen LogP contribution is -2.50. The maximum Gasteiger partial charge on any atom is 0.257 e. The molecule has 5 aliphatic rings. The van der Waals surface area contributed by atoms with Crippen LogP contribution in [0.4, 0.5) is 0 Å². The number of hydrogen-bond acceptors (Lipinski definition) is 6. The van der Waals surface area contributed by atoms with Crippen LogP contribution in [0.3, 0.4) is 0 Å². The molecule has 3 aliphatic carbocycles. The SMILES string of the molecule is O=C1C2C3C=CC(C2C(=O)N1O)C1C(=O)N(O)C(=O)C31. The van der Waals surface area contributed by atoms with E-state index >= 15 is 0 Å². The number of imide groups is 2. The molecule has 3 fully saturated rings. The maximum absolute atomic E-state index is 11.9. The van der Waals surface area contributed by atoms with Crippen LogP contribution in [0.1, 0.15) is 0 Å². The molecule has 0 spiro atoms. The van der Waals surface area contributed by atoms with Crippen LogP contribution in [0.15, 0.2) is 12.2 Å². The summed E-state index contributed by atoms with van der Waals surface area (Å²) in [4.78, 5) is 47.8. The predicted molar refractivity (Wildman–Crippen MR) is 57.4 cm³/mol. The first kappa shape index (κ1) is 11.7. The molecule has 4 unspecified atom stereocenters. The van der Waals surface area contributed by atoms with Gasteiger partial charge in [-0.25, -0.2) is 0 Å². The quantitative estimate of drug-likeness (QED) is 0.326. The number of allylic oxidation sites excluding steroid dienone is 2. The third kappa shape index (κ3) is 1.02. The van der Waals surface area contributed by atoms with Crippen molar-refractivity contribution in [2.75, 3.05) is 0 Å². The smallest absolute Gasteiger partial charge is 0.257 e. The molecule has 2 heterocycles. The van der Waals surface area contributed by atoms with Crippen LogP contribution >= 0.6 is 0 Å². The molecular formula is C12H10N2O6. The van der Waals surface area contributed by atoms with Gasteiger partial charge in [-0.15, -0.1) is 0 Å². The average molecular weight is 278 g/mol. The molecule has 8 nitrogen and oxygen atoms in total. The molecule has 20 heavy (non-hydrogen) atoms. The highest BCUT2D eigenvalue weighted by Crippen LogP contribution is 2.57. The van der Waals surface area contributed by atoms with Crippen molar-refractivity contribution in [1.29, 1.82) is 0 Å². The molecule has 2 bridgehead atoms. The van der Waals surface area contributed by atoms with Crippen molar-refractivity contribution in [2.24, 2.45) is 35.5 Å². The number of carbonyl (C=O) groups excluding carboxylic acids is 4. The fourth-order valence-corrected chi connectivity index (χ4v) is 4.19. The Labute approximate surface area is 112 Å². The Balaban J connectivity index is 1.87. The van der Waals surface area contributed by atoms with E-state index < -0.39 is 59.1 Å². The van der Waals surface area contributed by atoms with Crippen LogP contribution in [0.2, 0.25) is 0 Å². The molecule has 2 aliphatic heterocycles. The van der Waals surface area contributed by atoms with Crippen molar-refractivity contribution in [3.05, 3.63) is 12.2 Å². The van der Waals surface area contributed by atoms with E-state index in [-0.39, 0.29) is 10.1 Å². The van der Waals surface area contributed by atoms with Gasteiger partial charge in [-0.1, -0.05) is 12.2 Å². The number of hydrogen-bond donors (Lipinski definition) is 2. The first-order chi connectivity index (χ1) is 9.45. The Morgan fingerprint density at radius 3 is 1.15 bits per heavy atom. The highest BCUT2D eigenvalue weighted by Gasteiger charge is 2.68. The monoisotopic (exact) mass is 278 g/mol. The second-order valence-corrected chi connectivity index (χ2v) is 5.62. The maximum atomic E-state index is 11.9. The number of nitrogens with zero attached hydrogens (tertiary/aromatic N) is 2. The summed E-state index contributed by atoms with van der Waals surface area (Å²) in [6.07, 6.45) is 3.28. The molecule has 1 saturated carbocycles. The summed E-state index contributed by atoms with van der Waals surface area (Å²) in [5.41, 5.74) is 0. The van der Waals surface area contributed by atoms with E-state index in [1.807, 2.05) is 0 Å². The number of carbonyl (C=O) groups is 4. The Morgan fingerprint density at radius 1 is 0.650 bits per heavy atom. The Morgan fingerprint density at radius 2 is 0.900 bits per heavy atom. The summed E-state index contributed by atoms with van der Waals surface area (Å²) in [7, 11) is 0. The lowest BCUT2D eigenvalue weighted by Gasteiger charge is -2.44. The van der Waals surface area contributed by atoms with Crippen molar-refractivity contribution < 1.29 is 29.6 Å². The predicted octanol–water partition coefficient (Wildman–Crippen LogP) is -1.22. The summed E-state index contributed by atoms with van der Waals surface area (Å²) < 4.78 is 0. The first-order valence-electron chi connectivity index (χ1n) is 6.27. The van der Waals surface area contributed by atoms with Crippen molar-refractivity contribution >= 4 is 23.6 Å². The van der Waals surface area contributed by atoms with Crippen LogP contribution in [-0.2, 0) is 19.2 Å². The zero-order chi connectivity index (χ0) is 14.3. The zero-order valence-electron chi connectivity index (χ0n) is 10.0. The molecule has 2 N–H and O–H groups in total. The van der Waals surface area contributed by atoms with Crippen LogP contribution in [0.5, 0.6) is 0 Å². The topological polar surface area (TPSA) is 115 Å². The van der Waals surface area contributed by atoms with Crippen LogP contribution in [0, 0.1) is 35.5 Å². The highest BCUT2D eigenvalue weighted by atomic mass is 16.5. The van der Waals surface area contributed by atoms with Crippen LogP contribution < -0.4 is 0 Å². The molecule has 0 aromatic carbocycles. The van der Waals surface area contributed by atoms with Gasteiger partial charge in [0.25, 0.3) is 23.6 Å². The summed E-state index contributed by atoms with van der Waals surface area (Å²) in [5.74, 6) is -7.56. The van der Waals surface area contributed by atoms with E-state index in [2.05, 4.69) is 0 Å². The van der Waals surface area contributed by atoms with Gasteiger partial charge in [-0.2, -0.15) is 10.1 Å². The minimum Gasteiger partial charge on any atom is -0.278 e. The fourth-order valence-electron chi connectivity index (χ4n) is 4.19. The summed E-state index contributed by atoms with van der Waals surface area (Å²) >= 11 is 0. The van der Waals surface area contributed by atoms with Crippen molar-refractivity contribution in [1.82, 2.24) is 10.1 Å². The van der Waals surface area contributed by atoms with Gasteiger partial charge < -0.3 is 0 Å². The Kier molecular flexibility index (Phi) is 1.96. The summed E-state index contributed by atoms with van der Waals surface area (Å²) in [5, 5.41) is 19.2. The second kappa shape index (κ2) is 3.33. The first-order valence-corrected chi connectivity index (χ1v) is 6.27. The van der Waals surface area contributed by atoms with Gasteiger partial charge in [0.1, 0.15) is 0 Å². The van der Waals surface area contributed by atoms with E-state index in [0.29, 0.717) is 0 Å². The molecule has 5 rings (SSSR count). The largest absolute Gasteiger partial charge is 0.278 e. The average Bonchev–Trinajstić information content (AvgIpc) is 2.83. The highest BCUT2D eigenvalue weighted by molar-refractivity contribution is 6.09. The second-order valence-electron chi connectivity index (χ2n) is 5.62. The van der Waals surface area contributed by atoms with Crippen molar-refractivity contribution in [3.63, 3.8) is 0 Å². The van der Waals surface area contributed by atoms with Gasteiger partial charge in [-0.3, -0.25) is 29.6 Å². The Hall–Kier alpha value is -2.06. The van der Waals surface area contributed by atoms with Crippen molar-refractivity contribution in [3.8, 4) is 0 Å². The zero-order valence-corrected chi connectivity index (χ0v) is 10.0. The van der Waals surface area contributed by atoms with Gasteiger partial charge in [-0.05, 0) is 0 Å². The lowest BCUT2D eigenvalue weighted by molar-refractivity contribution is -0.174. The van der Waals surface area contributed by atoms with Crippen LogP contribution in [-0.4, -0.2) is 44.2 Å². The van der Waals surface area contributed by atoms with Crippen LogP contribution in [0.25, 0.3) is 0 Å². The van der Waals surface area contributed by atoms with Gasteiger partial charge in [0.05, 0.1) is 23.7 Å². The van der Waals surface area contributed by atoms with E-state index in [1.54, 1.807) is 12.2 Å². The minimum atomic E-state index is -0.827. The van der Waals surface area contributed by atoms with E-state index in [9.17, 15) is 29.6 Å². The molecule has 4 atom stereocenters. The molecule has 0 aromatic heterocycles. The third-order valence-electron chi connectivity index (χ3n) is 4.96. The molecule has 8 heteroatoms. The molecule has 0 aromatic rings. The minimum absolute atomic E-state index is 0.0923. The van der Waals surface area contributed by atoms with E-state index in [1.165, 1.54) is 0 Å². The third-order valence-corrected chi connectivity index (χ3v) is 4.96. The van der Waals surface area contributed by atoms with Gasteiger partial charge in [0.2, 0.25) is 0 Å². The van der Waals surface area contributed by atoms with Crippen molar-refractivity contribution in [2.45, 2.75) is 0 Å². The van der Waals surface area contributed by atoms with E-state index in [0.717, 1.165) is 0 Å². The number of amides is 4. The van der Waals surface area contributed by atoms with Gasteiger partial charge in [0.15, 0.2) is 0 Å².